The second-order valence-corrected chi connectivity index (χ2v) is 4.47. The zero-order valence-corrected chi connectivity index (χ0v) is 9.33. The van der Waals surface area contributed by atoms with Gasteiger partial charge in [-0.25, -0.2) is 0 Å². The molecule has 0 aromatic rings. The maximum Gasteiger partial charge on any atom is 0.0703 e. The van der Waals surface area contributed by atoms with Gasteiger partial charge in [0.1, 0.15) is 0 Å². The number of hydrogen-bond acceptors (Lipinski definition) is 3. The van der Waals surface area contributed by atoms with Crippen molar-refractivity contribution in [3.63, 3.8) is 0 Å². The Morgan fingerprint density at radius 3 is 2.93 bits per heavy atom. The van der Waals surface area contributed by atoms with Gasteiger partial charge in [-0.3, -0.25) is 4.90 Å². The lowest BCUT2D eigenvalue weighted by Gasteiger charge is -2.26. The van der Waals surface area contributed by atoms with Crippen molar-refractivity contribution >= 4 is 0 Å². The molecular weight excluding hydrogens is 176 g/mol. The Kier molecular flexibility index (Phi) is 3.42. The van der Waals surface area contributed by atoms with Crippen LogP contribution in [-0.2, 0) is 4.74 Å². The van der Waals surface area contributed by atoms with Gasteiger partial charge in [0, 0.05) is 31.8 Å². The fourth-order valence-electron chi connectivity index (χ4n) is 2.74. The molecule has 0 aromatic carbocycles. The Hall–Kier alpha value is -0.120. The molecule has 1 N–H and O–H groups in total. The van der Waals surface area contributed by atoms with Gasteiger partial charge in [-0.2, -0.15) is 0 Å². The van der Waals surface area contributed by atoms with E-state index in [4.69, 9.17) is 4.74 Å². The molecule has 2 rings (SSSR count). The summed E-state index contributed by atoms with van der Waals surface area (Å²) in [5.41, 5.74) is 0. The lowest BCUT2D eigenvalue weighted by Crippen LogP contribution is -2.40. The summed E-state index contributed by atoms with van der Waals surface area (Å²) in [6.45, 7) is 8.90. The molecule has 2 aliphatic heterocycles. The molecule has 2 heterocycles. The minimum absolute atomic E-state index is 0.440. The monoisotopic (exact) mass is 198 g/mol. The summed E-state index contributed by atoms with van der Waals surface area (Å²) in [5.74, 6) is 0. The molecule has 14 heavy (non-hydrogen) atoms. The van der Waals surface area contributed by atoms with E-state index < -0.39 is 0 Å². The lowest BCUT2D eigenvalue weighted by molar-refractivity contribution is 0.0823. The van der Waals surface area contributed by atoms with E-state index in [-0.39, 0.29) is 0 Å². The van der Waals surface area contributed by atoms with Crippen LogP contribution in [0.4, 0.5) is 0 Å². The fraction of sp³-hybridized carbons (Fsp3) is 1.00. The van der Waals surface area contributed by atoms with Gasteiger partial charge in [0.25, 0.3) is 0 Å². The highest BCUT2D eigenvalue weighted by molar-refractivity contribution is 4.89. The van der Waals surface area contributed by atoms with E-state index in [1.54, 1.807) is 0 Å². The van der Waals surface area contributed by atoms with Gasteiger partial charge in [0.15, 0.2) is 0 Å². The molecule has 3 atom stereocenters. The maximum atomic E-state index is 5.61. The van der Waals surface area contributed by atoms with E-state index in [0.29, 0.717) is 18.2 Å². The summed E-state index contributed by atoms with van der Waals surface area (Å²) < 4.78 is 5.61. The number of rotatable bonds is 3. The minimum Gasteiger partial charge on any atom is -0.377 e. The molecule has 2 fully saturated rings. The first-order valence-electron chi connectivity index (χ1n) is 5.90. The molecule has 0 radical (unpaired) electrons. The highest BCUT2D eigenvalue weighted by Crippen LogP contribution is 2.23. The molecular formula is C11H22N2O. The van der Waals surface area contributed by atoms with Gasteiger partial charge in [0.05, 0.1) is 6.10 Å². The quantitative estimate of drug-likeness (QED) is 0.727. The maximum absolute atomic E-state index is 5.61. The van der Waals surface area contributed by atoms with Crippen molar-refractivity contribution in [2.75, 3.05) is 26.2 Å². The van der Waals surface area contributed by atoms with E-state index in [1.165, 1.54) is 25.9 Å². The standard InChI is InChI=1S/C11H22N2O/c1-3-12-10-4-6-13(8-10)11-5-7-14-9(11)2/h9-12H,3-8H2,1-2H3. The van der Waals surface area contributed by atoms with Gasteiger partial charge in [-0.1, -0.05) is 6.92 Å². The van der Waals surface area contributed by atoms with Crippen LogP contribution in [0, 0.1) is 0 Å². The second kappa shape index (κ2) is 4.60. The third-order valence-corrected chi connectivity index (χ3v) is 3.52. The minimum atomic E-state index is 0.440. The van der Waals surface area contributed by atoms with Crippen molar-refractivity contribution in [2.45, 2.75) is 44.9 Å². The van der Waals surface area contributed by atoms with Crippen LogP contribution in [0.15, 0.2) is 0 Å². The Labute approximate surface area is 86.8 Å². The number of hydrogen-bond donors (Lipinski definition) is 1. The average Bonchev–Trinajstić information content (AvgIpc) is 2.74. The molecule has 3 heteroatoms. The smallest absolute Gasteiger partial charge is 0.0703 e. The van der Waals surface area contributed by atoms with Gasteiger partial charge >= 0.3 is 0 Å². The van der Waals surface area contributed by atoms with Crippen molar-refractivity contribution < 1.29 is 4.74 Å². The molecule has 3 unspecified atom stereocenters. The third kappa shape index (κ3) is 2.10. The highest BCUT2D eigenvalue weighted by atomic mass is 16.5. The van der Waals surface area contributed by atoms with Crippen LogP contribution >= 0.6 is 0 Å². The first-order chi connectivity index (χ1) is 6.81. The summed E-state index contributed by atoms with van der Waals surface area (Å²) in [5, 5.41) is 3.53. The molecule has 2 aliphatic rings. The largest absolute Gasteiger partial charge is 0.377 e. The Morgan fingerprint density at radius 2 is 2.29 bits per heavy atom. The Bertz CT molecular complexity index is 186. The van der Waals surface area contributed by atoms with E-state index in [9.17, 15) is 0 Å². The zero-order valence-electron chi connectivity index (χ0n) is 9.33. The van der Waals surface area contributed by atoms with E-state index in [0.717, 1.165) is 13.2 Å². The van der Waals surface area contributed by atoms with Crippen molar-refractivity contribution in [3.05, 3.63) is 0 Å². The summed E-state index contributed by atoms with van der Waals surface area (Å²) in [6.07, 6.45) is 2.97. The van der Waals surface area contributed by atoms with Crippen molar-refractivity contribution in [2.24, 2.45) is 0 Å². The van der Waals surface area contributed by atoms with E-state index in [2.05, 4.69) is 24.1 Å². The number of ether oxygens (including phenoxy) is 1. The van der Waals surface area contributed by atoms with E-state index >= 15 is 0 Å². The fourth-order valence-corrected chi connectivity index (χ4v) is 2.74. The number of likely N-dealkylation sites (N-methyl/N-ethyl adjacent to an activating group) is 1. The van der Waals surface area contributed by atoms with Crippen LogP contribution in [0.3, 0.4) is 0 Å². The van der Waals surface area contributed by atoms with Crippen LogP contribution in [0.2, 0.25) is 0 Å². The first kappa shape index (κ1) is 10.4. The molecule has 82 valence electrons. The van der Waals surface area contributed by atoms with Gasteiger partial charge in [-0.05, 0) is 26.3 Å². The molecule has 2 saturated heterocycles. The van der Waals surface area contributed by atoms with Crippen LogP contribution in [0.1, 0.15) is 26.7 Å². The summed E-state index contributed by atoms with van der Waals surface area (Å²) >= 11 is 0. The number of likely N-dealkylation sites (tertiary alicyclic amines) is 1. The molecule has 3 nitrogen and oxygen atoms in total. The Morgan fingerprint density at radius 1 is 1.43 bits per heavy atom. The van der Waals surface area contributed by atoms with Crippen molar-refractivity contribution in [3.8, 4) is 0 Å². The summed E-state index contributed by atoms with van der Waals surface area (Å²) in [4.78, 5) is 2.60. The molecule has 0 aliphatic carbocycles. The lowest BCUT2D eigenvalue weighted by atomic mass is 10.1. The average molecular weight is 198 g/mol. The Balaban J connectivity index is 1.82. The number of nitrogens with zero attached hydrogens (tertiary/aromatic N) is 1. The van der Waals surface area contributed by atoms with Crippen molar-refractivity contribution in [1.29, 1.82) is 0 Å². The van der Waals surface area contributed by atoms with E-state index in [1.807, 2.05) is 0 Å². The summed E-state index contributed by atoms with van der Waals surface area (Å²) in [7, 11) is 0. The molecule has 0 saturated carbocycles. The third-order valence-electron chi connectivity index (χ3n) is 3.52. The van der Waals surface area contributed by atoms with Gasteiger partial charge < -0.3 is 10.1 Å². The molecule has 0 aromatic heterocycles. The van der Waals surface area contributed by atoms with Crippen molar-refractivity contribution in [1.82, 2.24) is 10.2 Å². The predicted molar refractivity (Wildman–Crippen MR) is 57.5 cm³/mol. The topological polar surface area (TPSA) is 24.5 Å². The highest BCUT2D eigenvalue weighted by Gasteiger charge is 2.34. The SMILES string of the molecule is CCNC1CCN(C2CCOC2C)C1. The van der Waals surface area contributed by atoms with Crippen LogP contribution < -0.4 is 5.32 Å². The number of nitrogens with one attached hydrogen (secondary N) is 1. The first-order valence-corrected chi connectivity index (χ1v) is 5.90. The normalized spacial score (nSPS) is 39.4. The van der Waals surface area contributed by atoms with Gasteiger partial charge in [0.2, 0.25) is 0 Å². The second-order valence-electron chi connectivity index (χ2n) is 4.47. The van der Waals surface area contributed by atoms with Crippen LogP contribution in [-0.4, -0.2) is 49.3 Å². The zero-order chi connectivity index (χ0) is 9.97. The van der Waals surface area contributed by atoms with Crippen LogP contribution in [0.25, 0.3) is 0 Å². The predicted octanol–water partition coefficient (Wildman–Crippen LogP) is 0.848. The molecule has 0 bridgehead atoms. The molecule has 0 spiro atoms. The summed E-state index contributed by atoms with van der Waals surface area (Å²) in [6, 6.07) is 1.39. The van der Waals surface area contributed by atoms with Gasteiger partial charge in [-0.15, -0.1) is 0 Å². The molecule has 0 amide bonds. The van der Waals surface area contributed by atoms with Crippen LogP contribution in [0.5, 0.6) is 0 Å².